The fourth-order valence-corrected chi connectivity index (χ4v) is 1.79. The van der Waals surface area contributed by atoms with Crippen LogP contribution in [0.25, 0.3) is 0 Å². The molecule has 0 aromatic heterocycles. The van der Waals surface area contributed by atoms with E-state index in [2.05, 4.69) is 15.8 Å². The van der Waals surface area contributed by atoms with Crippen molar-refractivity contribution >= 4 is 23.7 Å². The van der Waals surface area contributed by atoms with Gasteiger partial charge in [0, 0.05) is 0 Å². The Balaban J connectivity index is 1.92. The van der Waals surface area contributed by atoms with Crippen LogP contribution in [0.4, 0.5) is 10.1 Å². The summed E-state index contributed by atoms with van der Waals surface area (Å²) >= 11 is 0. The van der Waals surface area contributed by atoms with E-state index in [0.29, 0.717) is 5.56 Å². The van der Waals surface area contributed by atoms with Crippen molar-refractivity contribution in [3.05, 3.63) is 59.9 Å². The van der Waals surface area contributed by atoms with Gasteiger partial charge in [-0.25, -0.2) is 9.82 Å². The van der Waals surface area contributed by atoms with Gasteiger partial charge in [-0.05, 0) is 36.8 Å². The third kappa shape index (κ3) is 4.64. The van der Waals surface area contributed by atoms with E-state index >= 15 is 0 Å². The second kappa shape index (κ2) is 7.87. The quantitative estimate of drug-likeness (QED) is 0.446. The molecule has 0 heterocycles. The number of hydrogen-bond donors (Lipinski definition) is 3. The fraction of sp³-hybridized carbons (Fsp3) is 0.118. The first-order valence-electron chi connectivity index (χ1n) is 7.14. The Morgan fingerprint density at radius 3 is 2.62 bits per heavy atom. The van der Waals surface area contributed by atoms with Gasteiger partial charge < -0.3 is 10.4 Å². The SMILES string of the molecule is CC(C(=O)NN=Cc1cccc(O)c1)C(=O)Nc1ccccc1F. The minimum absolute atomic E-state index is 0.00501. The molecule has 1 atom stereocenters. The lowest BCUT2D eigenvalue weighted by molar-refractivity contribution is -0.131. The van der Waals surface area contributed by atoms with Gasteiger partial charge in [0.2, 0.25) is 5.91 Å². The van der Waals surface area contributed by atoms with Crippen LogP contribution in [-0.4, -0.2) is 23.1 Å². The molecule has 0 bridgehead atoms. The number of hydrazone groups is 1. The minimum Gasteiger partial charge on any atom is -0.508 e. The van der Waals surface area contributed by atoms with Crippen molar-refractivity contribution in [2.45, 2.75) is 6.92 Å². The number of aromatic hydroxyl groups is 1. The summed E-state index contributed by atoms with van der Waals surface area (Å²) < 4.78 is 13.5. The lowest BCUT2D eigenvalue weighted by Gasteiger charge is -2.11. The second-order valence-electron chi connectivity index (χ2n) is 5.02. The number of halogens is 1. The second-order valence-corrected chi connectivity index (χ2v) is 5.02. The molecule has 24 heavy (non-hydrogen) atoms. The molecule has 0 radical (unpaired) electrons. The van der Waals surface area contributed by atoms with Crippen molar-refractivity contribution in [3.8, 4) is 5.75 Å². The van der Waals surface area contributed by atoms with Gasteiger partial charge in [0.25, 0.3) is 5.91 Å². The molecule has 0 saturated carbocycles. The largest absolute Gasteiger partial charge is 0.508 e. The molecular formula is C17H16FN3O3. The van der Waals surface area contributed by atoms with Crippen molar-refractivity contribution in [3.63, 3.8) is 0 Å². The molecule has 6 nitrogen and oxygen atoms in total. The molecule has 1 unspecified atom stereocenters. The fourth-order valence-electron chi connectivity index (χ4n) is 1.79. The highest BCUT2D eigenvalue weighted by atomic mass is 19.1. The van der Waals surface area contributed by atoms with Crippen molar-refractivity contribution < 1.29 is 19.1 Å². The highest BCUT2D eigenvalue weighted by Gasteiger charge is 2.21. The Morgan fingerprint density at radius 2 is 1.92 bits per heavy atom. The standard InChI is InChI=1S/C17H16FN3O3/c1-11(16(23)20-15-8-3-2-7-14(15)18)17(24)21-19-10-12-5-4-6-13(22)9-12/h2-11,22H,1H3,(H,20,23)(H,21,24). The van der Waals surface area contributed by atoms with Crippen LogP contribution in [0.3, 0.4) is 0 Å². The lowest BCUT2D eigenvalue weighted by Crippen LogP contribution is -2.34. The molecular weight excluding hydrogens is 313 g/mol. The number of amides is 2. The maximum Gasteiger partial charge on any atom is 0.252 e. The maximum atomic E-state index is 13.5. The average Bonchev–Trinajstić information content (AvgIpc) is 2.56. The normalized spacial score (nSPS) is 11.9. The summed E-state index contributed by atoms with van der Waals surface area (Å²) in [5.74, 6) is -2.86. The van der Waals surface area contributed by atoms with Crippen LogP contribution in [0.5, 0.6) is 5.75 Å². The van der Waals surface area contributed by atoms with Gasteiger partial charge in [-0.1, -0.05) is 24.3 Å². The number of nitrogens with one attached hydrogen (secondary N) is 2. The van der Waals surface area contributed by atoms with Crippen LogP contribution in [0.15, 0.2) is 53.6 Å². The van der Waals surface area contributed by atoms with E-state index in [1.54, 1.807) is 18.2 Å². The first-order valence-corrected chi connectivity index (χ1v) is 7.14. The summed E-state index contributed by atoms with van der Waals surface area (Å²) in [5, 5.41) is 15.4. The van der Waals surface area contributed by atoms with Crippen LogP contribution < -0.4 is 10.7 Å². The van der Waals surface area contributed by atoms with Crippen LogP contribution in [0.1, 0.15) is 12.5 Å². The number of phenols is 1. The van der Waals surface area contributed by atoms with E-state index in [-0.39, 0.29) is 11.4 Å². The molecule has 7 heteroatoms. The zero-order valence-corrected chi connectivity index (χ0v) is 12.9. The predicted octanol–water partition coefficient (Wildman–Crippen LogP) is 2.26. The first kappa shape index (κ1) is 17.1. The van der Waals surface area contributed by atoms with Gasteiger partial charge >= 0.3 is 0 Å². The lowest BCUT2D eigenvalue weighted by atomic mass is 10.1. The van der Waals surface area contributed by atoms with E-state index < -0.39 is 23.5 Å². The summed E-state index contributed by atoms with van der Waals surface area (Å²) in [6.45, 7) is 1.38. The van der Waals surface area contributed by atoms with Crippen LogP contribution in [0, 0.1) is 11.7 Å². The molecule has 2 aromatic rings. The van der Waals surface area contributed by atoms with Crippen molar-refractivity contribution in [2.24, 2.45) is 11.0 Å². The molecule has 124 valence electrons. The van der Waals surface area contributed by atoms with Gasteiger partial charge in [0.05, 0.1) is 11.9 Å². The van der Waals surface area contributed by atoms with Crippen LogP contribution in [0.2, 0.25) is 0 Å². The number of phenolic OH excluding ortho intramolecular Hbond substituents is 1. The molecule has 0 aliphatic heterocycles. The molecule has 0 aliphatic rings. The van der Waals surface area contributed by atoms with Gasteiger partial charge in [-0.15, -0.1) is 0 Å². The molecule has 2 aromatic carbocycles. The number of carbonyl (C=O) groups excluding carboxylic acids is 2. The Labute approximate surface area is 138 Å². The van der Waals surface area contributed by atoms with E-state index in [9.17, 15) is 19.1 Å². The smallest absolute Gasteiger partial charge is 0.252 e. The van der Waals surface area contributed by atoms with Gasteiger partial charge in [-0.2, -0.15) is 5.10 Å². The van der Waals surface area contributed by atoms with E-state index in [1.807, 2.05) is 0 Å². The molecule has 0 aliphatic carbocycles. The number of anilines is 1. The molecule has 0 fully saturated rings. The zero-order chi connectivity index (χ0) is 17.5. The summed E-state index contributed by atoms with van der Waals surface area (Å²) in [4.78, 5) is 23.8. The summed E-state index contributed by atoms with van der Waals surface area (Å²) in [5.41, 5.74) is 2.81. The number of nitrogens with zero attached hydrogens (tertiary/aromatic N) is 1. The van der Waals surface area contributed by atoms with Crippen LogP contribution in [-0.2, 0) is 9.59 Å². The monoisotopic (exact) mass is 329 g/mol. The zero-order valence-electron chi connectivity index (χ0n) is 12.9. The van der Waals surface area contributed by atoms with Gasteiger partial charge in [-0.3, -0.25) is 9.59 Å². The highest BCUT2D eigenvalue weighted by molar-refractivity contribution is 6.06. The summed E-state index contributed by atoms with van der Waals surface area (Å²) in [6, 6.07) is 12.0. The number of hydrogen-bond acceptors (Lipinski definition) is 4. The van der Waals surface area contributed by atoms with Crippen molar-refractivity contribution in [2.75, 3.05) is 5.32 Å². The Morgan fingerprint density at radius 1 is 1.17 bits per heavy atom. The van der Waals surface area contributed by atoms with Crippen molar-refractivity contribution in [1.29, 1.82) is 0 Å². The Kier molecular flexibility index (Phi) is 5.62. The maximum absolute atomic E-state index is 13.5. The molecule has 0 spiro atoms. The van der Waals surface area contributed by atoms with Gasteiger partial charge in [0.1, 0.15) is 17.5 Å². The molecule has 0 saturated heterocycles. The summed E-state index contributed by atoms with van der Waals surface area (Å²) in [6.07, 6.45) is 1.33. The highest BCUT2D eigenvalue weighted by Crippen LogP contribution is 2.13. The number of carbonyl (C=O) groups is 2. The first-order chi connectivity index (χ1) is 11.5. The average molecular weight is 329 g/mol. The molecule has 2 rings (SSSR count). The van der Waals surface area contributed by atoms with Crippen molar-refractivity contribution in [1.82, 2.24) is 5.43 Å². The van der Waals surface area contributed by atoms with Gasteiger partial charge in [0.15, 0.2) is 0 Å². The number of benzene rings is 2. The Hall–Kier alpha value is -3.22. The Bertz CT molecular complexity index is 777. The van der Waals surface area contributed by atoms with Crippen LogP contribution >= 0.6 is 0 Å². The van der Waals surface area contributed by atoms with E-state index in [0.717, 1.165) is 0 Å². The predicted molar refractivity (Wildman–Crippen MR) is 88.0 cm³/mol. The third-order valence-electron chi connectivity index (χ3n) is 3.18. The van der Waals surface area contributed by atoms with E-state index in [4.69, 9.17) is 0 Å². The minimum atomic E-state index is -1.06. The molecule has 3 N–H and O–H groups in total. The summed E-state index contributed by atoms with van der Waals surface area (Å²) in [7, 11) is 0. The van der Waals surface area contributed by atoms with E-state index in [1.165, 1.54) is 43.5 Å². The topological polar surface area (TPSA) is 90.8 Å². The molecule has 2 amide bonds. The number of para-hydroxylation sites is 1. The third-order valence-corrected chi connectivity index (χ3v) is 3.18. The number of rotatable bonds is 5.